The summed E-state index contributed by atoms with van der Waals surface area (Å²) in [5.74, 6) is 0. The van der Waals surface area contributed by atoms with E-state index in [1.807, 2.05) is 18.2 Å². The monoisotopic (exact) mass is 365 g/mol. The Morgan fingerprint density at radius 2 is 1.50 bits per heavy atom. The summed E-state index contributed by atoms with van der Waals surface area (Å²) in [6, 6.07) is 18.4. The van der Waals surface area contributed by atoms with Crippen LogP contribution in [-0.2, 0) is 4.74 Å². The van der Waals surface area contributed by atoms with Crippen LogP contribution in [0.3, 0.4) is 0 Å². The topological polar surface area (TPSA) is 12.5 Å². The van der Waals surface area contributed by atoms with Gasteiger partial charge in [-0.2, -0.15) is 0 Å². The lowest BCUT2D eigenvalue weighted by Gasteiger charge is -2.27. The standard InChI is InChI=1S/C20H24ClNO.ClH/c21-19-11-9-18(10-12-19)20(17-7-3-1-4-8-17)23-16-15-22-13-5-2-6-14-22;/h1,3-4,7-12,20H,2,5-6,13-16H2;1H/t20-;/m0./s1. The van der Waals surface area contributed by atoms with Crippen molar-refractivity contribution in [2.75, 3.05) is 26.2 Å². The smallest absolute Gasteiger partial charge is 0.108 e. The first-order valence-electron chi connectivity index (χ1n) is 8.47. The van der Waals surface area contributed by atoms with E-state index >= 15 is 0 Å². The van der Waals surface area contributed by atoms with Crippen LogP contribution in [0.25, 0.3) is 0 Å². The molecule has 3 rings (SSSR count). The number of hydrogen-bond donors (Lipinski definition) is 0. The van der Waals surface area contributed by atoms with Gasteiger partial charge in [0.1, 0.15) is 6.10 Å². The highest BCUT2D eigenvalue weighted by molar-refractivity contribution is 6.30. The normalized spacial score (nSPS) is 16.4. The second-order valence-corrected chi connectivity index (χ2v) is 6.55. The Labute approximate surface area is 156 Å². The fourth-order valence-electron chi connectivity index (χ4n) is 3.13. The van der Waals surface area contributed by atoms with Gasteiger partial charge in [-0.3, -0.25) is 0 Å². The lowest BCUT2D eigenvalue weighted by Crippen LogP contribution is -2.33. The molecule has 1 saturated heterocycles. The van der Waals surface area contributed by atoms with Gasteiger partial charge < -0.3 is 9.64 Å². The number of ether oxygens (including phenoxy) is 1. The highest BCUT2D eigenvalue weighted by Crippen LogP contribution is 2.27. The van der Waals surface area contributed by atoms with Crippen molar-refractivity contribution in [1.29, 1.82) is 0 Å². The van der Waals surface area contributed by atoms with Crippen LogP contribution in [0.4, 0.5) is 0 Å². The van der Waals surface area contributed by atoms with Crippen LogP contribution < -0.4 is 0 Å². The van der Waals surface area contributed by atoms with E-state index in [1.165, 1.54) is 37.9 Å². The lowest BCUT2D eigenvalue weighted by molar-refractivity contribution is 0.0557. The third-order valence-electron chi connectivity index (χ3n) is 4.42. The molecule has 2 nitrogen and oxygen atoms in total. The van der Waals surface area contributed by atoms with E-state index in [-0.39, 0.29) is 18.5 Å². The van der Waals surface area contributed by atoms with Gasteiger partial charge in [0.15, 0.2) is 0 Å². The predicted octanol–water partition coefficient (Wildman–Crippen LogP) is 5.35. The Bertz CT molecular complexity index is 582. The molecule has 1 atom stereocenters. The second kappa shape index (κ2) is 10.0. The molecule has 24 heavy (non-hydrogen) atoms. The zero-order valence-electron chi connectivity index (χ0n) is 13.9. The largest absolute Gasteiger partial charge is 0.367 e. The molecule has 0 aromatic heterocycles. The van der Waals surface area contributed by atoms with Crippen LogP contribution in [-0.4, -0.2) is 31.1 Å². The summed E-state index contributed by atoms with van der Waals surface area (Å²) >= 11 is 6.02. The van der Waals surface area contributed by atoms with E-state index in [1.54, 1.807) is 0 Å². The van der Waals surface area contributed by atoms with Gasteiger partial charge in [0.05, 0.1) is 6.61 Å². The summed E-state index contributed by atoms with van der Waals surface area (Å²) in [6.07, 6.45) is 3.98. The summed E-state index contributed by atoms with van der Waals surface area (Å²) < 4.78 is 6.27. The molecular weight excluding hydrogens is 341 g/mol. The summed E-state index contributed by atoms with van der Waals surface area (Å²) in [6.45, 7) is 4.18. The molecule has 1 aliphatic rings. The van der Waals surface area contributed by atoms with Gasteiger partial charge in [0.2, 0.25) is 0 Å². The van der Waals surface area contributed by atoms with E-state index in [0.29, 0.717) is 0 Å². The van der Waals surface area contributed by atoms with Crippen LogP contribution >= 0.6 is 24.0 Å². The summed E-state index contributed by atoms with van der Waals surface area (Å²) in [5.41, 5.74) is 2.34. The Morgan fingerprint density at radius 3 is 2.17 bits per heavy atom. The molecule has 130 valence electrons. The Balaban J connectivity index is 0.00000208. The molecule has 1 aliphatic heterocycles. The van der Waals surface area contributed by atoms with Crippen molar-refractivity contribution in [2.45, 2.75) is 25.4 Å². The average Bonchev–Trinajstić information content (AvgIpc) is 2.61. The van der Waals surface area contributed by atoms with Crippen LogP contribution in [0.2, 0.25) is 5.02 Å². The minimum Gasteiger partial charge on any atom is -0.367 e. The maximum atomic E-state index is 6.27. The van der Waals surface area contributed by atoms with Gasteiger partial charge in [-0.25, -0.2) is 0 Å². The number of rotatable bonds is 6. The van der Waals surface area contributed by atoms with Crippen molar-refractivity contribution in [3.63, 3.8) is 0 Å². The van der Waals surface area contributed by atoms with Crippen molar-refractivity contribution in [2.24, 2.45) is 0 Å². The first-order valence-corrected chi connectivity index (χ1v) is 8.85. The number of likely N-dealkylation sites (tertiary alicyclic amines) is 1. The van der Waals surface area contributed by atoms with Gasteiger partial charge in [-0.15, -0.1) is 12.4 Å². The van der Waals surface area contributed by atoms with Gasteiger partial charge in [-0.05, 0) is 49.2 Å². The van der Waals surface area contributed by atoms with Crippen molar-refractivity contribution < 1.29 is 4.74 Å². The quantitative estimate of drug-likeness (QED) is 0.683. The molecule has 2 aromatic rings. The lowest BCUT2D eigenvalue weighted by atomic mass is 10.0. The van der Waals surface area contributed by atoms with Crippen molar-refractivity contribution in [3.05, 3.63) is 70.7 Å². The fraction of sp³-hybridized carbons (Fsp3) is 0.400. The molecule has 2 aromatic carbocycles. The molecule has 0 spiro atoms. The first kappa shape index (κ1) is 19.3. The Morgan fingerprint density at radius 1 is 0.875 bits per heavy atom. The number of hydrogen-bond acceptors (Lipinski definition) is 2. The van der Waals surface area contributed by atoms with E-state index in [4.69, 9.17) is 16.3 Å². The maximum absolute atomic E-state index is 6.27. The van der Waals surface area contributed by atoms with Crippen LogP contribution in [0.5, 0.6) is 0 Å². The molecule has 0 N–H and O–H groups in total. The maximum Gasteiger partial charge on any atom is 0.108 e. The molecule has 0 amide bonds. The zero-order chi connectivity index (χ0) is 15.9. The molecule has 0 aliphatic carbocycles. The summed E-state index contributed by atoms with van der Waals surface area (Å²) in [4.78, 5) is 2.51. The van der Waals surface area contributed by atoms with E-state index < -0.39 is 0 Å². The zero-order valence-corrected chi connectivity index (χ0v) is 15.4. The molecular formula is C20H25Cl2NO. The van der Waals surface area contributed by atoms with Gasteiger partial charge in [0.25, 0.3) is 0 Å². The van der Waals surface area contributed by atoms with Gasteiger partial charge in [0, 0.05) is 11.6 Å². The highest BCUT2D eigenvalue weighted by Gasteiger charge is 2.16. The minimum absolute atomic E-state index is 0. The summed E-state index contributed by atoms with van der Waals surface area (Å²) in [7, 11) is 0. The fourth-order valence-corrected chi connectivity index (χ4v) is 3.26. The van der Waals surface area contributed by atoms with E-state index in [0.717, 1.165) is 23.7 Å². The van der Waals surface area contributed by atoms with Crippen LogP contribution in [0.1, 0.15) is 36.5 Å². The van der Waals surface area contributed by atoms with Crippen LogP contribution in [0.15, 0.2) is 54.6 Å². The summed E-state index contributed by atoms with van der Waals surface area (Å²) in [5, 5.41) is 0.758. The molecule has 0 radical (unpaired) electrons. The molecule has 1 heterocycles. The third kappa shape index (κ3) is 5.49. The Hall–Kier alpha value is -1.06. The van der Waals surface area contributed by atoms with Crippen molar-refractivity contribution in [3.8, 4) is 0 Å². The molecule has 0 unspecified atom stereocenters. The SMILES string of the molecule is Cl.Clc1ccc([C@@H](OCCN2CCCCC2)c2ccccc2)cc1. The number of halogens is 2. The number of nitrogens with zero attached hydrogens (tertiary/aromatic N) is 1. The minimum atomic E-state index is -0.0294. The number of benzene rings is 2. The van der Waals surface area contributed by atoms with Gasteiger partial charge in [-0.1, -0.05) is 60.5 Å². The van der Waals surface area contributed by atoms with Crippen molar-refractivity contribution >= 4 is 24.0 Å². The van der Waals surface area contributed by atoms with Crippen LogP contribution in [0, 0.1) is 0 Å². The van der Waals surface area contributed by atoms with Crippen molar-refractivity contribution in [1.82, 2.24) is 4.90 Å². The van der Waals surface area contributed by atoms with E-state index in [2.05, 4.69) is 41.3 Å². The average molecular weight is 366 g/mol. The first-order chi connectivity index (χ1) is 11.3. The molecule has 4 heteroatoms. The molecule has 1 fully saturated rings. The van der Waals surface area contributed by atoms with Gasteiger partial charge >= 0.3 is 0 Å². The number of piperidine rings is 1. The van der Waals surface area contributed by atoms with E-state index in [9.17, 15) is 0 Å². The highest BCUT2D eigenvalue weighted by atomic mass is 35.5. The Kier molecular flexibility index (Phi) is 8.07. The molecule has 0 bridgehead atoms. The third-order valence-corrected chi connectivity index (χ3v) is 4.67. The second-order valence-electron chi connectivity index (χ2n) is 6.12. The molecule has 0 saturated carbocycles. The predicted molar refractivity (Wildman–Crippen MR) is 103 cm³/mol.